The molecule has 2 aromatic heterocycles. The summed E-state index contributed by atoms with van der Waals surface area (Å²) in [6.45, 7) is 3.62. The Balaban J connectivity index is 1.50. The number of rotatable bonds is 4. The van der Waals surface area contributed by atoms with E-state index in [-0.39, 0.29) is 0 Å². The smallest absolute Gasteiger partial charge is 0.164 e. The van der Waals surface area contributed by atoms with Gasteiger partial charge in [-0.3, -0.25) is 0 Å². The molecule has 0 aliphatic carbocycles. The molecule has 7 rings (SSSR count). The molecule has 0 N–H and O–H groups in total. The number of nitriles is 3. The average Bonchev–Trinajstić information content (AvgIpc) is 3.40. The topological polar surface area (TPSA) is 115 Å². The van der Waals surface area contributed by atoms with E-state index >= 15 is 0 Å². The SMILES string of the molecule is Cc1nc(C)nc(-c2ccc(-n3c4cc(-c5cccc(C#N)c5)ccc4c4ccc(-c5cccc(C#N)c5)cc43)cc2C#N)n1. The summed E-state index contributed by atoms with van der Waals surface area (Å²) in [5.41, 5.74) is 8.81. The van der Waals surface area contributed by atoms with E-state index in [0.29, 0.717) is 39.7 Å². The van der Waals surface area contributed by atoms with Crippen molar-refractivity contribution in [3.05, 3.63) is 131 Å². The molecule has 0 radical (unpaired) electrons. The van der Waals surface area contributed by atoms with Crippen molar-refractivity contribution in [2.24, 2.45) is 0 Å². The van der Waals surface area contributed by atoms with E-state index in [4.69, 9.17) is 0 Å². The summed E-state index contributed by atoms with van der Waals surface area (Å²) in [7, 11) is 0. The van der Waals surface area contributed by atoms with Crippen molar-refractivity contribution in [1.29, 1.82) is 15.8 Å². The maximum atomic E-state index is 10.3. The molecule has 45 heavy (non-hydrogen) atoms. The molecule has 0 amide bonds. The highest BCUT2D eigenvalue weighted by Gasteiger charge is 2.18. The van der Waals surface area contributed by atoms with E-state index < -0.39 is 0 Å². The minimum Gasteiger partial charge on any atom is -0.309 e. The fraction of sp³-hybridized carbons (Fsp3) is 0.0526. The number of aryl methyl sites for hydroxylation is 2. The third-order valence-electron chi connectivity index (χ3n) is 7.90. The summed E-state index contributed by atoms with van der Waals surface area (Å²) in [6.07, 6.45) is 0. The van der Waals surface area contributed by atoms with Crippen LogP contribution in [0.2, 0.25) is 0 Å². The minimum atomic E-state index is 0.447. The first kappa shape index (κ1) is 27.2. The van der Waals surface area contributed by atoms with Gasteiger partial charge in [0.15, 0.2) is 5.82 Å². The molecule has 0 atom stereocenters. The van der Waals surface area contributed by atoms with Crippen LogP contribution in [-0.4, -0.2) is 19.5 Å². The highest BCUT2D eigenvalue weighted by atomic mass is 15.0. The first-order chi connectivity index (χ1) is 21.9. The van der Waals surface area contributed by atoms with Crippen LogP contribution >= 0.6 is 0 Å². The van der Waals surface area contributed by atoms with Gasteiger partial charge in [-0.25, -0.2) is 15.0 Å². The van der Waals surface area contributed by atoms with Crippen molar-refractivity contribution >= 4 is 21.8 Å². The zero-order valence-electron chi connectivity index (χ0n) is 24.4. The van der Waals surface area contributed by atoms with Gasteiger partial charge in [0, 0.05) is 22.0 Å². The Morgan fingerprint density at radius 2 is 1.07 bits per heavy atom. The van der Waals surface area contributed by atoms with Crippen LogP contribution in [0.5, 0.6) is 0 Å². The van der Waals surface area contributed by atoms with Crippen molar-refractivity contribution in [2.45, 2.75) is 13.8 Å². The average molecular weight is 578 g/mol. The van der Waals surface area contributed by atoms with Gasteiger partial charge < -0.3 is 4.57 Å². The third-order valence-corrected chi connectivity index (χ3v) is 7.90. The monoisotopic (exact) mass is 577 g/mol. The van der Waals surface area contributed by atoms with Crippen molar-refractivity contribution < 1.29 is 0 Å². The first-order valence-electron chi connectivity index (χ1n) is 14.3. The van der Waals surface area contributed by atoms with Crippen LogP contribution in [0.1, 0.15) is 28.3 Å². The van der Waals surface area contributed by atoms with Gasteiger partial charge in [-0.1, -0.05) is 48.5 Å². The summed E-state index contributed by atoms with van der Waals surface area (Å²) in [6, 6.07) is 40.3. The molecule has 210 valence electrons. The summed E-state index contributed by atoms with van der Waals surface area (Å²) in [4.78, 5) is 13.3. The van der Waals surface area contributed by atoms with Crippen molar-refractivity contribution in [3.8, 4) is 57.5 Å². The molecule has 0 bridgehead atoms. The number of hydrogen-bond acceptors (Lipinski definition) is 6. The minimum absolute atomic E-state index is 0.447. The summed E-state index contributed by atoms with van der Waals surface area (Å²) < 4.78 is 2.16. The Hall–Kier alpha value is -6.62. The quantitative estimate of drug-likeness (QED) is 0.208. The lowest BCUT2D eigenvalue weighted by atomic mass is 10.0. The van der Waals surface area contributed by atoms with E-state index in [1.807, 2.05) is 68.4 Å². The highest BCUT2D eigenvalue weighted by Crippen LogP contribution is 2.38. The van der Waals surface area contributed by atoms with Crippen LogP contribution in [0.4, 0.5) is 0 Å². The van der Waals surface area contributed by atoms with Crippen LogP contribution in [0, 0.1) is 47.8 Å². The lowest BCUT2D eigenvalue weighted by molar-refractivity contribution is 0.928. The first-order valence-corrected chi connectivity index (χ1v) is 14.3. The molecule has 0 aliphatic heterocycles. The third kappa shape index (κ3) is 4.83. The zero-order chi connectivity index (χ0) is 31.1. The lowest BCUT2D eigenvalue weighted by Gasteiger charge is -2.12. The Morgan fingerprint density at radius 3 is 1.58 bits per heavy atom. The Bertz CT molecular complexity index is 2310. The van der Waals surface area contributed by atoms with Gasteiger partial charge in [0.2, 0.25) is 0 Å². The van der Waals surface area contributed by atoms with Crippen molar-refractivity contribution in [1.82, 2.24) is 19.5 Å². The van der Waals surface area contributed by atoms with E-state index in [9.17, 15) is 15.8 Å². The number of fused-ring (bicyclic) bond motifs is 3. The standard InChI is InChI=1S/C38H23N7/c1-23-42-24(2)44-38(43-23)33-14-11-32(17-31(33)22-41)45-36-18-29(27-7-3-5-25(15-27)20-39)9-12-34(36)35-13-10-30(19-37(35)45)28-8-4-6-26(16-28)21-40/h3-19H,1-2H3. The molecule has 7 heteroatoms. The zero-order valence-corrected chi connectivity index (χ0v) is 24.4. The molecule has 0 aliphatic rings. The number of nitrogens with zero attached hydrogens (tertiary/aromatic N) is 7. The molecule has 2 heterocycles. The van der Waals surface area contributed by atoms with Crippen LogP contribution in [-0.2, 0) is 0 Å². The van der Waals surface area contributed by atoms with Gasteiger partial charge in [0.25, 0.3) is 0 Å². The summed E-state index contributed by atoms with van der Waals surface area (Å²) in [5, 5.41) is 31.4. The molecular weight excluding hydrogens is 554 g/mol. The van der Waals surface area contributed by atoms with Gasteiger partial charge >= 0.3 is 0 Å². The van der Waals surface area contributed by atoms with Crippen LogP contribution in [0.15, 0.2) is 103 Å². The molecule has 0 fully saturated rings. The maximum Gasteiger partial charge on any atom is 0.164 e. The molecule has 7 aromatic rings. The maximum absolute atomic E-state index is 10.3. The molecule has 0 saturated heterocycles. The van der Waals surface area contributed by atoms with Crippen LogP contribution in [0.25, 0.3) is 61.1 Å². The van der Waals surface area contributed by atoms with Gasteiger partial charge in [-0.05, 0) is 90.7 Å². The van der Waals surface area contributed by atoms with E-state index in [1.165, 1.54) is 0 Å². The second-order valence-corrected chi connectivity index (χ2v) is 10.8. The second kappa shape index (κ2) is 10.9. The molecular formula is C38H23N7. The highest BCUT2D eigenvalue weighted by molar-refractivity contribution is 6.11. The van der Waals surface area contributed by atoms with E-state index in [0.717, 1.165) is 49.7 Å². The normalized spacial score (nSPS) is 10.8. The number of aromatic nitrogens is 4. The van der Waals surface area contributed by atoms with Gasteiger partial charge in [-0.2, -0.15) is 15.8 Å². The Labute approximate surface area is 259 Å². The van der Waals surface area contributed by atoms with Gasteiger partial charge in [0.1, 0.15) is 11.6 Å². The van der Waals surface area contributed by atoms with Crippen molar-refractivity contribution in [3.63, 3.8) is 0 Å². The largest absolute Gasteiger partial charge is 0.309 e. The lowest BCUT2D eigenvalue weighted by Crippen LogP contribution is -2.01. The molecule has 0 unspecified atom stereocenters. The predicted molar refractivity (Wildman–Crippen MR) is 174 cm³/mol. The predicted octanol–water partition coefficient (Wildman–Crippen LogP) is 8.20. The fourth-order valence-corrected chi connectivity index (χ4v) is 5.89. The summed E-state index contributed by atoms with van der Waals surface area (Å²) in [5.74, 6) is 1.65. The number of hydrogen-bond donors (Lipinski definition) is 0. The van der Waals surface area contributed by atoms with E-state index in [2.05, 4.69) is 74.1 Å². The molecule has 0 spiro atoms. The summed E-state index contributed by atoms with van der Waals surface area (Å²) >= 11 is 0. The Morgan fingerprint density at radius 1 is 0.533 bits per heavy atom. The Kier molecular flexibility index (Phi) is 6.59. The second-order valence-electron chi connectivity index (χ2n) is 10.8. The fourth-order valence-electron chi connectivity index (χ4n) is 5.89. The molecule has 7 nitrogen and oxygen atoms in total. The van der Waals surface area contributed by atoms with Crippen LogP contribution < -0.4 is 0 Å². The van der Waals surface area contributed by atoms with Crippen molar-refractivity contribution in [2.75, 3.05) is 0 Å². The molecule has 5 aromatic carbocycles. The number of benzene rings is 5. The molecule has 0 saturated carbocycles. The van der Waals surface area contributed by atoms with Gasteiger partial charge in [0.05, 0.1) is 45.9 Å². The van der Waals surface area contributed by atoms with E-state index in [1.54, 1.807) is 12.1 Å². The van der Waals surface area contributed by atoms with Crippen LogP contribution in [0.3, 0.4) is 0 Å². The van der Waals surface area contributed by atoms with Gasteiger partial charge in [-0.15, -0.1) is 0 Å².